The summed E-state index contributed by atoms with van der Waals surface area (Å²) in [4.78, 5) is 17.0. The lowest BCUT2D eigenvalue weighted by Crippen LogP contribution is -2.63. The third-order valence-electron chi connectivity index (χ3n) is 4.71. The van der Waals surface area contributed by atoms with E-state index in [-0.39, 0.29) is 5.91 Å². The third kappa shape index (κ3) is 3.51. The minimum Gasteiger partial charge on any atom is -0.368 e. The molecule has 20 heavy (non-hydrogen) atoms. The maximum Gasteiger partial charge on any atom is 0.238 e. The lowest BCUT2D eigenvalue weighted by Gasteiger charge is -2.46. The van der Waals surface area contributed by atoms with Crippen LogP contribution in [0, 0.1) is 5.92 Å². The van der Waals surface area contributed by atoms with Gasteiger partial charge in [-0.25, -0.2) is 0 Å². The van der Waals surface area contributed by atoms with Crippen LogP contribution >= 0.6 is 0 Å². The predicted octanol–water partition coefficient (Wildman–Crippen LogP) is 0.258. The SMILES string of the molecule is CC(C)CN1CCC(C(N)=O)(N2CCCNCC2)CC1. The fourth-order valence-electron chi connectivity index (χ4n) is 3.61. The number of nitrogens with two attached hydrogens (primary N) is 1. The van der Waals surface area contributed by atoms with E-state index in [1.807, 2.05) is 0 Å². The van der Waals surface area contributed by atoms with Crippen LogP contribution in [0.1, 0.15) is 33.1 Å². The van der Waals surface area contributed by atoms with Crippen LogP contribution in [0.15, 0.2) is 0 Å². The average molecular weight is 282 g/mol. The van der Waals surface area contributed by atoms with Crippen molar-refractivity contribution >= 4 is 5.91 Å². The zero-order valence-corrected chi connectivity index (χ0v) is 13.0. The Bertz CT molecular complexity index is 316. The second-order valence-electron chi connectivity index (χ2n) is 6.68. The van der Waals surface area contributed by atoms with Crippen molar-refractivity contribution in [3.8, 4) is 0 Å². The highest BCUT2D eigenvalue weighted by Gasteiger charge is 2.44. The largest absolute Gasteiger partial charge is 0.368 e. The van der Waals surface area contributed by atoms with Gasteiger partial charge in [0, 0.05) is 39.3 Å². The zero-order chi connectivity index (χ0) is 14.6. The molecule has 1 amide bonds. The molecule has 5 heteroatoms. The van der Waals surface area contributed by atoms with Crippen LogP contribution in [-0.4, -0.2) is 67.1 Å². The van der Waals surface area contributed by atoms with Crippen LogP contribution in [-0.2, 0) is 4.79 Å². The van der Waals surface area contributed by atoms with Gasteiger partial charge < -0.3 is 16.0 Å². The number of nitrogens with one attached hydrogen (secondary N) is 1. The van der Waals surface area contributed by atoms with Crippen molar-refractivity contribution in [3.63, 3.8) is 0 Å². The highest BCUT2D eigenvalue weighted by atomic mass is 16.1. The van der Waals surface area contributed by atoms with Gasteiger partial charge in [-0.05, 0) is 31.7 Å². The van der Waals surface area contributed by atoms with E-state index in [1.54, 1.807) is 0 Å². The summed E-state index contributed by atoms with van der Waals surface area (Å²) in [5.41, 5.74) is 5.41. The number of nitrogens with zero attached hydrogens (tertiary/aromatic N) is 2. The molecule has 3 N–H and O–H groups in total. The second kappa shape index (κ2) is 6.87. The summed E-state index contributed by atoms with van der Waals surface area (Å²) in [6.45, 7) is 11.5. The molecule has 2 heterocycles. The first kappa shape index (κ1) is 15.7. The molecular formula is C15H30N4O. The number of rotatable bonds is 4. The summed E-state index contributed by atoms with van der Waals surface area (Å²) >= 11 is 0. The summed E-state index contributed by atoms with van der Waals surface area (Å²) in [6, 6.07) is 0. The molecule has 2 aliphatic rings. The smallest absolute Gasteiger partial charge is 0.238 e. The highest BCUT2D eigenvalue weighted by molar-refractivity contribution is 5.84. The van der Waals surface area contributed by atoms with Gasteiger partial charge in [-0.3, -0.25) is 9.69 Å². The van der Waals surface area contributed by atoms with E-state index in [1.165, 1.54) is 0 Å². The van der Waals surface area contributed by atoms with Gasteiger partial charge in [0.2, 0.25) is 5.91 Å². The number of carbonyl (C=O) groups excluding carboxylic acids is 1. The first-order chi connectivity index (χ1) is 9.54. The lowest BCUT2D eigenvalue weighted by molar-refractivity contribution is -0.134. The molecular weight excluding hydrogens is 252 g/mol. The Balaban J connectivity index is 2.02. The highest BCUT2D eigenvalue weighted by Crippen LogP contribution is 2.29. The summed E-state index contributed by atoms with van der Waals surface area (Å²) in [5.74, 6) is 0.557. The van der Waals surface area contributed by atoms with E-state index in [2.05, 4.69) is 29.0 Å². The maximum absolute atomic E-state index is 12.2. The molecule has 0 aromatic heterocycles. The van der Waals surface area contributed by atoms with Crippen LogP contribution in [0.3, 0.4) is 0 Å². The Morgan fingerprint density at radius 2 is 1.90 bits per heavy atom. The zero-order valence-electron chi connectivity index (χ0n) is 13.0. The molecule has 0 saturated carbocycles. The summed E-state index contributed by atoms with van der Waals surface area (Å²) in [5, 5.41) is 3.40. The molecule has 0 aliphatic carbocycles. The van der Waals surface area contributed by atoms with Gasteiger partial charge in [0.15, 0.2) is 0 Å². The third-order valence-corrected chi connectivity index (χ3v) is 4.71. The molecule has 2 rings (SSSR count). The van der Waals surface area contributed by atoms with Crippen molar-refractivity contribution in [2.75, 3.05) is 45.8 Å². The van der Waals surface area contributed by atoms with Gasteiger partial charge in [0.05, 0.1) is 0 Å². The molecule has 0 radical (unpaired) electrons. The van der Waals surface area contributed by atoms with Gasteiger partial charge in [0.1, 0.15) is 5.54 Å². The number of piperidine rings is 1. The fourth-order valence-corrected chi connectivity index (χ4v) is 3.61. The van der Waals surface area contributed by atoms with E-state index in [9.17, 15) is 4.79 Å². The monoisotopic (exact) mass is 282 g/mol. The molecule has 0 unspecified atom stereocenters. The van der Waals surface area contributed by atoms with Crippen molar-refractivity contribution in [2.45, 2.75) is 38.6 Å². The van der Waals surface area contributed by atoms with Gasteiger partial charge >= 0.3 is 0 Å². The van der Waals surface area contributed by atoms with Gasteiger partial charge in [-0.1, -0.05) is 13.8 Å². The topological polar surface area (TPSA) is 61.6 Å². The number of carbonyl (C=O) groups is 1. The second-order valence-corrected chi connectivity index (χ2v) is 6.68. The van der Waals surface area contributed by atoms with Crippen molar-refractivity contribution < 1.29 is 4.79 Å². The molecule has 2 aliphatic heterocycles. The minimum atomic E-state index is -0.403. The van der Waals surface area contributed by atoms with Crippen molar-refractivity contribution in [3.05, 3.63) is 0 Å². The van der Waals surface area contributed by atoms with E-state index >= 15 is 0 Å². The van der Waals surface area contributed by atoms with Crippen molar-refractivity contribution in [2.24, 2.45) is 11.7 Å². The quantitative estimate of drug-likeness (QED) is 0.776. The first-order valence-corrected chi connectivity index (χ1v) is 8.02. The summed E-state index contributed by atoms with van der Waals surface area (Å²) in [6.07, 6.45) is 2.87. The summed E-state index contributed by atoms with van der Waals surface area (Å²) < 4.78 is 0. The number of hydrogen-bond donors (Lipinski definition) is 2. The number of amides is 1. The molecule has 0 atom stereocenters. The Morgan fingerprint density at radius 3 is 2.50 bits per heavy atom. The van der Waals surface area contributed by atoms with Crippen LogP contribution in [0.2, 0.25) is 0 Å². The van der Waals surface area contributed by atoms with E-state index in [0.29, 0.717) is 5.92 Å². The van der Waals surface area contributed by atoms with E-state index in [4.69, 9.17) is 5.73 Å². The van der Waals surface area contributed by atoms with Crippen LogP contribution < -0.4 is 11.1 Å². The molecule has 0 bridgehead atoms. The van der Waals surface area contributed by atoms with Crippen molar-refractivity contribution in [1.29, 1.82) is 0 Å². The molecule has 0 aromatic carbocycles. The van der Waals surface area contributed by atoms with Gasteiger partial charge in [-0.15, -0.1) is 0 Å². The van der Waals surface area contributed by atoms with Gasteiger partial charge in [0.25, 0.3) is 0 Å². The fraction of sp³-hybridized carbons (Fsp3) is 0.933. The van der Waals surface area contributed by atoms with E-state index < -0.39 is 5.54 Å². The lowest BCUT2D eigenvalue weighted by atomic mass is 9.84. The summed E-state index contributed by atoms with van der Waals surface area (Å²) in [7, 11) is 0. The number of hydrogen-bond acceptors (Lipinski definition) is 4. The molecule has 116 valence electrons. The Labute approximate surface area is 122 Å². The first-order valence-electron chi connectivity index (χ1n) is 8.02. The van der Waals surface area contributed by atoms with Gasteiger partial charge in [-0.2, -0.15) is 0 Å². The van der Waals surface area contributed by atoms with Crippen LogP contribution in [0.4, 0.5) is 0 Å². The Hall–Kier alpha value is -0.650. The minimum absolute atomic E-state index is 0.122. The van der Waals surface area contributed by atoms with Crippen LogP contribution in [0.25, 0.3) is 0 Å². The molecule has 2 saturated heterocycles. The molecule has 5 nitrogen and oxygen atoms in total. The van der Waals surface area contributed by atoms with Crippen LogP contribution in [0.5, 0.6) is 0 Å². The van der Waals surface area contributed by atoms with E-state index in [0.717, 1.165) is 65.1 Å². The standard InChI is InChI=1S/C15H30N4O/c1-13(2)12-18-9-4-15(5-10-18,14(16)20)19-8-3-6-17-7-11-19/h13,17H,3-12H2,1-2H3,(H2,16,20). The average Bonchev–Trinajstić information content (AvgIpc) is 2.68. The predicted molar refractivity (Wildman–Crippen MR) is 81.5 cm³/mol. The number of likely N-dealkylation sites (tertiary alicyclic amines) is 1. The van der Waals surface area contributed by atoms with Crippen molar-refractivity contribution in [1.82, 2.24) is 15.1 Å². The Kier molecular flexibility index (Phi) is 5.41. The Morgan fingerprint density at radius 1 is 1.20 bits per heavy atom. The number of primary amides is 1. The molecule has 2 fully saturated rings. The normalized spacial score (nSPS) is 25.6. The maximum atomic E-state index is 12.2. The molecule has 0 spiro atoms. The molecule has 0 aromatic rings.